The number of methoxy groups -OCH3 is 1. The Morgan fingerprint density at radius 2 is 1.78 bits per heavy atom. The molecule has 1 heteroatoms. The smallest absolute Gasteiger partial charge is 0.0574 e. The van der Waals surface area contributed by atoms with Crippen LogP contribution in [0.15, 0.2) is 0 Å². The zero-order valence-corrected chi connectivity index (χ0v) is 12.7. The molecule has 0 amide bonds. The lowest BCUT2D eigenvalue weighted by Gasteiger charge is -2.45. The molecule has 104 valence electrons. The van der Waals surface area contributed by atoms with Gasteiger partial charge in [-0.25, -0.2) is 0 Å². The lowest BCUT2D eigenvalue weighted by Crippen LogP contribution is -2.38. The molecule has 1 nitrogen and oxygen atoms in total. The van der Waals surface area contributed by atoms with Crippen LogP contribution in [0.2, 0.25) is 0 Å². The molecule has 3 aliphatic carbocycles. The largest absolute Gasteiger partial charge is 0.381 e. The van der Waals surface area contributed by atoms with E-state index in [0.29, 0.717) is 16.9 Å². The summed E-state index contributed by atoms with van der Waals surface area (Å²) in [4.78, 5) is 0. The topological polar surface area (TPSA) is 9.23 Å². The van der Waals surface area contributed by atoms with Crippen LogP contribution in [0, 0.1) is 28.6 Å². The van der Waals surface area contributed by atoms with Crippen molar-refractivity contribution in [3.63, 3.8) is 0 Å². The standard InChI is InChI=1S/C17H30O/c1-16(2)13-8-9-17(16,3)15(11-13)12-6-5-7-14(10-12)18-4/h12-15H,5-11H2,1-4H3. The van der Waals surface area contributed by atoms with Crippen LogP contribution in [0.3, 0.4) is 0 Å². The molecule has 0 heterocycles. The zero-order valence-electron chi connectivity index (χ0n) is 12.7. The number of rotatable bonds is 2. The maximum Gasteiger partial charge on any atom is 0.0574 e. The molecule has 3 rings (SSSR count). The fraction of sp³-hybridized carbons (Fsp3) is 1.00. The van der Waals surface area contributed by atoms with Crippen molar-refractivity contribution >= 4 is 0 Å². The molecule has 3 fully saturated rings. The van der Waals surface area contributed by atoms with E-state index in [0.717, 1.165) is 17.8 Å². The van der Waals surface area contributed by atoms with Gasteiger partial charge in [0.25, 0.3) is 0 Å². The van der Waals surface area contributed by atoms with Crippen molar-refractivity contribution < 1.29 is 4.74 Å². The van der Waals surface area contributed by atoms with Gasteiger partial charge in [0.2, 0.25) is 0 Å². The minimum Gasteiger partial charge on any atom is -0.381 e. The molecule has 0 spiro atoms. The van der Waals surface area contributed by atoms with Gasteiger partial charge in [0, 0.05) is 7.11 Å². The van der Waals surface area contributed by atoms with Crippen molar-refractivity contribution in [3.05, 3.63) is 0 Å². The van der Waals surface area contributed by atoms with Crippen LogP contribution < -0.4 is 0 Å². The monoisotopic (exact) mass is 250 g/mol. The molecule has 18 heavy (non-hydrogen) atoms. The molecule has 0 aliphatic heterocycles. The molecule has 3 aliphatic rings. The maximum atomic E-state index is 5.65. The van der Waals surface area contributed by atoms with Crippen LogP contribution >= 0.6 is 0 Å². The highest BCUT2D eigenvalue weighted by atomic mass is 16.5. The molecular formula is C17H30O. The quantitative estimate of drug-likeness (QED) is 0.693. The third-order valence-corrected chi connectivity index (χ3v) is 7.43. The van der Waals surface area contributed by atoms with E-state index in [2.05, 4.69) is 20.8 Å². The van der Waals surface area contributed by atoms with Crippen molar-refractivity contribution in [1.29, 1.82) is 0 Å². The second kappa shape index (κ2) is 4.23. The van der Waals surface area contributed by atoms with Crippen LogP contribution in [0.1, 0.15) is 65.7 Å². The third kappa shape index (κ3) is 1.62. The first kappa shape index (κ1) is 13.0. The summed E-state index contributed by atoms with van der Waals surface area (Å²) in [7, 11) is 1.90. The van der Waals surface area contributed by atoms with Gasteiger partial charge < -0.3 is 4.74 Å². The summed E-state index contributed by atoms with van der Waals surface area (Å²) in [6.45, 7) is 7.68. The lowest BCUT2D eigenvalue weighted by atomic mass is 9.61. The Hall–Kier alpha value is -0.0400. The maximum absolute atomic E-state index is 5.65. The van der Waals surface area contributed by atoms with Crippen molar-refractivity contribution in [2.45, 2.75) is 71.8 Å². The van der Waals surface area contributed by atoms with Crippen molar-refractivity contribution in [3.8, 4) is 0 Å². The van der Waals surface area contributed by atoms with Gasteiger partial charge in [0.15, 0.2) is 0 Å². The van der Waals surface area contributed by atoms with E-state index in [1.54, 1.807) is 0 Å². The molecule has 0 N–H and O–H groups in total. The van der Waals surface area contributed by atoms with Gasteiger partial charge in [-0.15, -0.1) is 0 Å². The van der Waals surface area contributed by atoms with E-state index in [4.69, 9.17) is 4.74 Å². The first-order valence-electron chi connectivity index (χ1n) is 8.02. The summed E-state index contributed by atoms with van der Waals surface area (Å²) >= 11 is 0. The summed E-state index contributed by atoms with van der Waals surface area (Å²) in [5.74, 6) is 2.91. The van der Waals surface area contributed by atoms with Gasteiger partial charge in [-0.3, -0.25) is 0 Å². The average molecular weight is 250 g/mol. The minimum atomic E-state index is 0.551. The number of fused-ring (bicyclic) bond motifs is 2. The summed E-state index contributed by atoms with van der Waals surface area (Å²) in [5, 5.41) is 0. The predicted molar refractivity (Wildman–Crippen MR) is 75.5 cm³/mol. The van der Waals surface area contributed by atoms with E-state index in [9.17, 15) is 0 Å². The lowest BCUT2D eigenvalue weighted by molar-refractivity contribution is -0.00116. The Labute approximate surface area is 113 Å². The fourth-order valence-corrected chi connectivity index (χ4v) is 5.74. The predicted octanol–water partition coefficient (Wildman–Crippen LogP) is 4.65. The van der Waals surface area contributed by atoms with Crippen molar-refractivity contribution in [1.82, 2.24) is 0 Å². The highest BCUT2D eigenvalue weighted by Gasteiger charge is 2.62. The molecule has 0 aromatic rings. The highest BCUT2D eigenvalue weighted by Crippen LogP contribution is 2.70. The van der Waals surface area contributed by atoms with Gasteiger partial charge in [0.1, 0.15) is 0 Å². The average Bonchev–Trinajstić information content (AvgIpc) is 2.71. The van der Waals surface area contributed by atoms with E-state index < -0.39 is 0 Å². The first-order valence-corrected chi connectivity index (χ1v) is 8.02. The number of ether oxygens (including phenoxy) is 1. The van der Waals surface area contributed by atoms with Crippen LogP contribution in [-0.2, 0) is 4.74 Å². The van der Waals surface area contributed by atoms with Crippen LogP contribution in [0.5, 0.6) is 0 Å². The molecule has 0 radical (unpaired) electrons. The molecule has 5 atom stereocenters. The van der Waals surface area contributed by atoms with E-state index in [1.165, 1.54) is 44.9 Å². The van der Waals surface area contributed by atoms with Gasteiger partial charge in [-0.05, 0) is 67.1 Å². The molecule has 0 aromatic carbocycles. The van der Waals surface area contributed by atoms with Gasteiger partial charge in [-0.2, -0.15) is 0 Å². The van der Waals surface area contributed by atoms with E-state index >= 15 is 0 Å². The third-order valence-electron chi connectivity index (χ3n) is 7.43. The van der Waals surface area contributed by atoms with Crippen molar-refractivity contribution in [2.24, 2.45) is 28.6 Å². The molecular weight excluding hydrogens is 220 g/mol. The summed E-state index contributed by atoms with van der Waals surface area (Å²) in [5.41, 5.74) is 1.19. The molecule has 0 saturated heterocycles. The zero-order chi connectivity index (χ0) is 13.0. The van der Waals surface area contributed by atoms with E-state index in [-0.39, 0.29) is 0 Å². The van der Waals surface area contributed by atoms with Crippen LogP contribution in [0.4, 0.5) is 0 Å². The van der Waals surface area contributed by atoms with Crippen LogP contribution in [-0.4, -0.2) is 13.2 Å². The minimum absolute atomic E-state index is 0.551. The SMILES string of the molecule is COC1CCCC(C2CC3CCC2(C)C3(C)C)C1. The van der Waals surface area contributed by atoms with Crippen LogP contribution in [0.25, 0.3) is 0 Å². The molecule has 2 bridgehead atoms. The number of hydrogen-bond donors (Lipinski definition) is 0. The molecule has 5 unspecified atom stereocenters. The Kier molecular flexibility index (Phi) is 3.05. The summed E-state index contributed by atoms with van der Waals surface area (Å²) in [6.07, 6.45) is 10.5. The van der Waals surface area contributed by atoms with E-state index in [1.807, 2.05) is 7.11 Å². The summed E-state index contributed by atoms with van der Waals surface area (Å²) in [6, 6.07) is 0. The highest BCUT2D eigenvalue weighted by molar-refractivity contribution is 5.11. The van der Waals surface area contributed by atoms with Gasteiger partial charge in [0.05, 0.1) is 6.10 Å². The Bertz CT molecular complexity index is 322. The second-order valence-corrected chi connectivity index (χ2v) is 8.00. The van der Waals surface area contributed by atoms with Gasteiger partial charge >= 0.3 is 0 Å². The Balaban J connectivity index is 1.78. The summed E-state index contributed by atoms with van der Waals surface area (Å²) < 4.78 is 5.65. The molecule has 0 aromatic heterocycles. The first-order chi connectivity index (χ1) is 8.49. The fourth-order valence-electron chi connectivity index (χ4n) is 5.74. The Morgan fingerprint density at radius 1 is 1.00 bits per heavy atom. The molecule has 3 saturated carbocycles. The van der Waals surface area contributed by atoms with Gasteiger partial charge in [-0.1, -0.05) is 27.2 Å². The Morgan fingerprint density at radius 3 is 2.33 bits per heavy atom. The number of hydrogen-bond acceptors (Lipinski definition) is 1. The second-order valence-electron chi connectivity index (χ2n) is 8.00. The van der Waals surface area contributed by atoms with Crippen molar-refractivity contribution in [2.75, 3.05) is 7.11 Å². The normalized spacial score (nSPS) is 50.7.